The molecule has 2 heterocycles. The fourth-order valence-corrected chi connectivity index (χ4v) is 1.51. The lowest BCUT2D eigenvalue weighted by molar-refractivity contribution is 0.742. The van der Waals surface area contributed by atoms with E-state index in [1.807, 2.05) is 30.3 Å². The zero-order valence-corrected chi connectivity index (χ0v) is 8.80. The zero-order chi connectivity index (χ0) is 11.7. The third-order valence-electron chi connectivity index (χ3n) is 2.27. The Balaban J connectivity index is 2.12. The molecule has 3 aromatic rings. The molecule has 2 aromatic heterocycles. The molecular weight excluding hydrogens is 218 g/mol. The normalized spacial score (nSPS) is 10.6. The molecule has 3 rings (SSSR count). The number of benzene rings is 1. The van der Waals surface area contributed by atoms with Crippen LogP contribution in [0.2, 0.25) is 0 Å². The van der Waals surface area contributed by atoms with Crippen molar-refractivity contribution < 1.29 is 0 Å². The molecule has 0 aliphatic carbocycles. The molecule has 0 unspecified atom stereocenters. The third kappa shape index (κ3) is 1.63. The standard InChI is InChI=1S/C10H9N7/c11-9-6-7-16(13-9)10-12-14-15-17(10)8-4-2-1-3-5-8/h1-7H,(H2,11,13). The number of aromatic nitrogens is 6. The Hall–Kier alpha value is -2.70. The van der Waals surface area contributed by atoms with Crippen LogP contribution >= 0.6 is 0 Å². The van der Waals surface area contributed by atoms with Gasteiger partial charge in [0.2, 0.25) is 0 Å². The van der Waals surface area contributed by atoms with E-state index in [0.29, 0.717) is 11.8 Å². The number of nitrogens with zero attached hydrogens (tertiary/aromatic N) is 6. The Morgan fingerprint density at radius 1 is 1.06 bits per heavy atom. The number of hydrogen-bond donors (Lipinski definition) is 1. The molecule has 2 N–H and O–H groups in total. The van der Waals surface area contributed by atoms with Gasteiger partial charge >= 0.3 is 0 Å². The van der Waals surface area contributed by atoms with Crippen molar-refractivity contribution in [2.45, 2.75) is 0 Å². The van der Waals surface area contributed by atoms with Gasteiger partial charge in [-0.15, -0.1) is 5.10 Å². The predicted octanol–water partition coefficient (Wildman–Crippen LogP) is 0.430. The first kappa shape index (κ1) is 9.52. The lowest BCUT2D eigenvalue weighted by Gasteiger charge is -2.03. The minimum atomic E-state index is 0.424. The van der Waals surface area contributed by atoms with E-state index >= 15 is 0 Å². The molecule has 1 aromatic carbocycles. The van der Waals surface area contributed by atoms with Gasteiger partial charge in [-0.3, -0.25) is 0 Å². The molecule has 0 aliphatic heterocycles. The van der Waals surface area contributed by atoms with E-state index in [2.05, 4.69) is 20.6 Å². The van der Waals surface area contributed by atoms with Crippen LogP contribution in [0.15, 0.2) is 42.6 Å². The van der Waals surface area contributed by atoms with Crippen molar-refractivity contribution in [2.24, 2.45) is 0 Å². The largest absolute Gasteiger partial charge is 0.382 e. The van der Waals surface area contributed by atoms with Crippen LogP contribution in [0.25, 0.3) is 11.6 Å². The van der Waals surface area contributed by atoms with Gasteiger partial charge in [0.15, 0.2) is 0 Å². The van der Waals surface area contributed by atoms with Crippen molar-refractivity contribution in [1.82, 2.24) is 30.0 Å². The Morgan fingerprint density at radius 2 is 1.88 bits per heavy atom. The maximum Gasteiger partial charge on any atom is 0.275 e. The smallest absolute Gasteiger partial charge is 0.275 e. The lowest BCUT2D eigenvalue weighted by Crippen LogP contribution is -2.07. The van der Waals surface area contributed by atoms with Gasteiger partial charge in [0.25, 0.3) is 5.95 Å². The highest BCUT2D eigenvalue weighted by Gasteiger charge is 2.10. The van der Waals surface area contributed by atoms with Gasteiger partial charge in [-0.1, -0.05) is 23.3 Å². The van der Waals surface area contributed by atoms with Crippen LogP contribution in [0, 0.1) is 0 Å². The first-order valence-corrected chi connectivity index (χ1v) is 5.00. The molecule has 84 valence electrons. The minimum absolute atomic E-state index is 0.424. The average molecular weight is 227 g/mol. The predicted molar refractivity (Wildman–Crippen MR) is 60.7 cm³/mol. The van der Waals surface area contributed by atoms with Crippen LogP contribution in [0.5, 0.6) is 0 Å². The Labute approximate surface area is 96.5 Å². The van der Waals surface area contributed by atoms with Crippen LogP contribution in [-0.4, -0.2) is 30.0 Å². The van der Waals surface area contributed by atoms with E-state index in [9.17, 15) is 0 Å². The summed E-state index contributed by atoms with van der Waals surface area (Å²) in [6.07, 6.45) is 1.71. The summed E-state index contributed by atoms with van der Waals surface area (Å²) < 4.78 is 3.12. The summed E-state index contributed by atoms with van der Waals surface area (Å²) in [4.78, 5) is 0. The minimum Gasteiger partial charge on any atom is -0.382 e. The number of hydrogen-bond acceptors (Lipinski definition) is 5. The molecule has 0 aliphatic rings. The summed E-state index contributed by atoms with van der Waals surface area (Å²) in [7, 11) is 0. The molecule has 7 nitrogen and oxygen atoms in total. The highest BCUT2D eigenvalue weighted by atomic mass is 15.6. The Kier molecular flexibility index (Phi) is 2.08. The first-order chi connectivity index (χ1) is 8.34. The van der Waals surface area contributed by atoms with Gasteiger partial charge in [-0.25, -0.2) is 4.68 Å². The summed E-state index contributed by atoms with van der Waals surface area (Å²) in [6, 6.07) is 11.3. The molecule has 0 spiro atoms. The van der Waals surface area contributed by atoms with Crippen molar-refractivity contribution in [3.05, 3.63) is 42.6 Å². The van der Waals surface area contributed by atoms with Crippen molar-refractivity contribution in [2.75, 3.05) is 5.73 Å². The summed E-state index contributed by atoms with van der Waals surface area (Å²) in [6.45, 7) is 0. The van der Waals surface area contributed by atoms with Crippen molar-refractivity contribution in [1.29, 1.82) is 0 Å². The molecule has 0 bridgehead atoms. The number of anilines is 1. The molecule has 0 saturated heterocycles. The molecule has 0 atom stereocenters. The fourth-order valence-electron chi connectivity index (χ4n) is 1.51. The number of nitrogens with two attached hydrogens (primary N) is 1. The molecule has 0 radical (unpaired) electrons. The van der Waals surface area contributed by atoms with E-state index in [-0.39, 0.29) is 0 Å². The van der Waals surface area contributed by atoms with E-state index in [4.69, 9.17) is 5.73 Å². The van der Waals surface area contributed by atoms with Gasteiger partial charge in [-0.05, 0) is 22.6 Å². The van der Waals surface area contributed by atoms with E-state index in [0.717, 1.165) is 5.69 Å². The fraction of sp³-hybridized carbons (Fsp3) is 0. The average Bonchev–Trinajstić information content (AvgIpc) is 2.98. The molecule has 0 fully saturated rings. The van der Waals surface area contributed by atoms with Crippen molar-refractivity contribution in [3.8, 4) is 11.6 Å². The summed E-state index contributed by atoms with van der Waals surface area (Å²) in [5, 5.41) is 15.6. The molecule has 17 heavy (non-hydrogen) atoms. The van der Waals surface area contributed by atoms with Crippen molar-refractivity contribution >= 4 is 5.82 Å². The second kappa shape index (κ2) is 3.71. The molecule has 0 saturated carbocycles. The maximum absolute atomic E-state index is 5.56. The second-order valence-electron chi connectivity index (χ2n) is 3.41. The highest BCUT2D eigenvalue weighted by Crippen LogP contribution is 2.10. The Bertz CT molecular complexity index is 625. The number of rotatable bonds is 2. The summed E-state index contributed by atoms with van der Waals surface area (Å²) >= 11 is 0. The SMILES string of the molecule is Nc1ccn(-c2nnnn2-c2ccccc2)n1. The topological polar surface area (TPSA) is 87.4 Å². The zero-order valence-electron chi connectivity index (χ0n) is 8.80. The second-order valence-corrected chi connectivity index (χ2v) is 3.41. The van der Waals surface area contributed by atoms with Crippen molar-refractivity contribution in [3.63, 3.8) is 0 Å². The first-order valence-electron chi connectivity index (χ1n) is 5.00. The van der Waals surface area contributed by atoms with Gasteiger partial charge in [0, 0.05) is 12.3 Å². The van der Waals surface area contributed by atoms with Crippen LogP contribution in [0.3, 0.4) is 0 Å². The molecule has 0 amide bonds. The van der Waals surface area contributed by atoms with E-state index < -0.39 is 0 Å². The van der Waals surface area contributed by atoms with Gasteiger partial charge < -0.3 is 5.73 Å². The van der Waals surface area contributed by atoms with Crippen LogP contribution in [0.4, 0.5) is 5.82 Å². The van der Waals surface area contributed by atoms with Gasteiger partial charge in [0.1, 0.15) is 5.82 Å². The lowest BCUT2D eigenvalue weighted by atomic mass is 10.3. The number of para-hydroxylation sites is 1. The van der Waals surface area contributed by atoms with Gasteiger partial charge in [-0.2, -0.15) is 4.68 Å². The third-order valence-corrected chi connectivity index (χ3v) is 2.27. The summed E-state index contributed by atoms with van der Waals surface area (Å²) in [5.41, 5.74) is 6.43. The summed E-state index contributed by atoms with van der Waals surface area (Å²) in [5.74, 6) is 0.917. The number of nitrogen functional groups attached to an aromatic ring is 1. The maximum atomic E-state index is 5.56. The molecule has 7 heteroatoms. The highest BCUT2D eigenvalue weighted by molar-refractivity contribution is 5.34. The van der Waals surface area contributed by atoms with Crippen LogP contribution < -0.4 is 5.73 Å². The van der Waals surface area contributed by atoms with Gasteiger partial charge in [0.05, 0.1) is 5.69 Å². The van der Waals surface area contributed by atoms with Crippen LogP contribution in [-0.2, 0) is 0 Å². The van der Waals surface area contributed by atoms with E-state index in [1.165, 1.54) is 4.68 Å². The quantitative estimate of drug-likeness (QED) is 0.686. The van der Waals surface area contributed by atoms with E-state index in [1.54, 1.807) is 16.9 Å². The monoisotopic (exact) mass is 227 g/mol. The Morgan fingerprint density at radius 3 is 2.59 bits per heavy atom. The molecular formula is C10H9N7. The number of tetrazole rings is 1. The van der Waals surface area contributed by atoms with Crippen LogP contribution in [0.1, 0.15) is 0 Å².